The van der Waals surface area contributed by atoms with E-state index in [-0.39, 0.29) is 17.8 Å². The fourth-order valence-electron chi connectivity index (χ4n) is 1.02. The second kappa shape index (κ2) is 6.49. The molecule has 16 heavy (non-hydrogen) atoms. The third kappa shape index (κ3) is 3.49. The van der Waals surface area contributed by atoms with Crippen LogP contribution in [0.5, 0.6) is 0 Å². The minimum atomic E-state index is -0.314. The van der Waals surface area contributed by atoms with Crippen molar-refractivity contribution in [3.05, 3.63) is 5.89 Å². The Bertz CT molecular complexity index is 342. The number of nitrogens with two attached hydrogens (primary N) is 1. The Hall–Kier alpha value is -1.08. The van der Waals surface area contributed by atoms with Gasteiger partial charge in [0.25, 0.3) is 5.22 Å². The fourth-order valence-corrected chi connectivity index (χ4v) is 1.83. The minimum Gasteiger partial charge on any atom is -0.465 e. The zero-order valence-electron chi connectivity index (χ0n) is 9.30. The van der Waals surface area contributed by atoms with Crippen LogP contribution in [0.1, 0.15) is 26.2 Å². The molecule has 1 aromatic rings. The Balaban J connectivity index is 2.58. The molecule has 1 rings (SSSR count). The molecule has 0 saturated heterocycles. The summed E-state index contributed by atoms with van der Waals surface area (Å²) in [6.07, 6.45) is 0.643. The quantitative estimate of drug-likeness (QED) is 0.589. The third-order valence-corrected chi connectivity index (χ3v) is 2.96. The van der Waals surface area contributed by atoms with E-state index in [1.165, 1.54) is 11.8 Å². The largest absolute Gasteiger partial charge is 0.465 e. The maximum absolute atomic E-state index is 11.5. The number of nitrogens with zero attached hydrogens (tertiary/aromatic N) is 2. The van der Waals surface area contributed by atoms with Gasteiger partial charge in [0.2, 0.25) is 5.89 Å². The maximum atomic E-state index is 11.5. The number of hydrogen-bond acceptors (Lipinski definition) is 7. The van der Waals surface area contributed by atoms with E-state index in [1.54, 1.807) is 6.92 Å². The van der Waals surface area contributed by atoms with Crippen molar-refractivity contribution in [2.24, 2.45) is 5.73 Å². The summed E-state index contributed by atoms with van der Waals surface area (Å²) in [7, 11) is 0. The van der Waals surface area contributed by atoms with Crippen molar-refractivity contribution >= 4 is 17.7 Å². The van der Waals surface area contributed by atoms with Crippen LogP contribution in [0.15, 0.2) is 9.64 Å². The van der Waals surface area contributed by atoms with Crippen LogP contribution in [0, 0.1) is 0 Å². The van der Waals surface area contributed by atoms with Crippen molar-refractivity contribution in [3.63, 3.8) is 0 Å². The van der Waals surface area contributed by atoms with Gasteiger partial charge in [-0.25, -0.2) is 0 Å². The van der Waals surface area contributed by atoms with E-state index in [9.17, 15) is 4.79 Å². The highest BCUT2D eigenvalue weighted by Gasteiger charge is 2.22. The van der Waals surface area contributed by atoms with Crippen LogP contribution >= 0.6 is 11.8 Å². The van der Waals surface area contributed by atoms with Crippen LogP contribution in [0.4, 0.5) is 0 Å². The zero-order chi connectivity index (χ0) is 12.0. The van der Waals surface area contributed by atoms with Gasteiger partial charge in [0, 0.05) is 0 Å². The smallest absolute Gasteiger partial charge is 0.319 e. The first-order chi connectivity index (χ1) is 7.71. The molecule has 0 aliphatic rings. The molecule has 1 unspecified atom stereocenters. The molecule has 1 heterocycles. The molecule has 0 saturated carbocycles. The molecule has 0 fully saturated rings. The molecule has 0 bridgehead atoms. The third-order valence-electron chi connectivity index (χ3n) is 1.79. The number of esters is 1. The van der Waals surface area contributed by atoms with Crippen molar-refractivity contribution < 1.29 is 13.9 Å². The van der Waals surface area contributed by atoms with Crippen molar-refractivity contribution in [3.8, 4) is 0 Å². The van der Waals surface area contributed by atoms with Crippen molar-refractivity contribution in [1.82, 2.24) is 10.2 Å². The summed E-state index contributed by atoms with van der Waals surface area (Å²) in [5, 5.41) is 7.52. The average Bonchev–Trinajstić information content (AvgIpc) is 2.73. The highest BCUT2D eigenvalue weighted by molar-refractivity contribution is 8.00. The van der Waals surface area contributed by atoms with Crippen LogP contribution in [0.2, 0.25) is 0 Å². The first kappa shape index (κ1) is 13.0. The van der Waals surface area contributed by atoms with E-state index >= 15 is 0 Å². The summed E-state index contributed by atoms with van der Waals surface area (Å²) in [5.74, 6) is 0.101. The first-order valence-electron chi connectivity index (χ1n) is 5.07. The number of carbonyl (C=O) groups excluding carboxylic acids is 1. The number of aromatic nitrogens is 2. The summed E-state index contributed by atoms with van der Waals surface area (Å²) in [5.41, 5.74) is 5.34. The molecule has 0 amide bonds. The lowest BCUT2D eigenvalue weighted by Crippen LogP contribution is -2.19. The van der Waals surface area contributed by atoms with Gasteiger partial charge in [0.1, 0.15) is 5.25 Å². The molecule has 6 nitrogen and oxygen atoms in total. The standard InChI is InChI=1S/C9H15N3O3S/c1-3-6(8(13)14-4-2)16-9-12-11-7(5-10)15-9/h6H,3-5,10H2,1-2H3. The molecule has 1 aromatic heterocycles. The molecular weight excluding hydrogens is 230 g/mol. The van der Waals surface area contributed by atoms with Crippen LogP contribution in [-0.4, -0.2) is 28.0 Å². The number of rotatable bonds is 6. The molecule has 0 aliphatic heterocycles. The monoisotopic (exact) mass is 245 g/mol. The molecule has 0 aliphatic carbocycles. The van der Waals surface area contributed by atoms with E-state index < -0.39 is 0 Å². The lowest BCUT2D eigenvalue weighted by atomic mass is 10.3. The van der Waals surface area contributed by atoms with Gasteiger partial charge in [0.05, 0.1) is 13.2 Å². The summed E-state index contributed by atoms with van der Waals surface area (Å²) < 4.78 is 10.1. The Morgan fingerprint density at radius 3 is 2.81 bits per heavy atom. The summed E-state index contributed by atoms with van der Waals surface area (Å²) in [4.78, 5) is 11.5. The van der Waals surface area contributed by atoms with E-state index in [1.807, 2.05) is 6.92 Å². The van der Waals surface area contributed by atoms with Crippen LogP contribution < -0.4 is 5.73 Å². The Labute approximate surface area is 97.9 Å². The van der Waals surface area contributed by atoms with Gasteiger partial charge in [-0.05, 0) is 13.3 Å². The number of hydrogen-bond donors (Lipinski definition) is 1. The van der Waals surface area contributed by atoms with Crippen molar-refractivity contribution in [1.29, 1.82) is 0 Å². The molecule has 0 spiro atoms. The second-order valence-electron chi connectivity index (χ2n) is 2.93. The van der Waals surface area contributed by atoms with Crippen LogP contribution in [-0.2, 0) is 16.1 Å². The molecule has 1 atom stereocenters. The van der Waals surface area contributed by atoms with Gasteiger partial charge in [-0.3, -0.25) is 4.79 Å². The number of thioether (sulfide) groups is 1. The van der Waals surface area contributed by atoms with Crippen molar-refractivity contribution in [2.45, 2.75) is 37.3 Å². The SMILES string of the molecule is CCOC(=O)C(CC)Sc1nnc(CN)o1. The van der Waals surface area contributed by atoms with E-state index in [4.69, 9.17) is 14.9 Å². The number of carbonyl (C=O) groups is 1. The summed E-state index contributed by atoms with van der Waals surface area (Å²) in [6.45, 7) is 4.24. The van der Waals surface area contributed by atoms with Gasteiger partial charge >= 0.3 is 5.97 Å². The topological polar surface area (TPSA) is 91.2 Å². The predicted molar refractivity (Wildman–Crippen MR) is 58.8 cm³/mol. The molecule has 7 heteroatoms. The zero-order valence-corrected chi connectivity index (χ0v) is 10.1. The maximum Gasteiger partial charge on any atom is 0.319 e. The van der Waals surface area contributed by atoms with E-state index in [0.29, 0.717) is 24.1 Å². The molecule has 90 valence electrons. The van der Waals surface area contributed by atoms with E-state index in [0.717, 1.165) is 0 Å². The Kier molecular flexibility index (Phi) is 5.27. The van der Waals surface area contributed by atoms with Crippen LogP contribution in [0.25, 0.3) is 0 Å². The number of ether oxygens (including phenoxy) is 1. The van der Waals surface area contributed by atoms with Gasteiger partial charge < -0.3 is 14.9 Å². The van der Waals surface area contributed by atoms with Gasteiger partial charge in [-0.1, -0.05) is 18.7 Å². The lowest BCUT2D eigenvalue weighted by Gasteiger charge is -2.09. The average molecular weight is 245 g/mol. The Morgan fingerprint density at radius 2 is 2.31 bits per heavy atom. The van der Waals surface area contributed by atoms with Gasteiger partial charge in [0.15, 0.2) is 0 Å². The predicted octanol–water partition coefficient (Wildman–Crippen LogP) is 0.962. The van der Waals surface area contributed by atoms with E-state index in [2.05, 4.69) is 10.2 Å². The van der Waals surface area contributed by atoms with Crippen LogP contribution in [0.3, 0.4) is 0 Å². The lowest BCUT2D eigenvalue weighted by molar-refractivity contribution is -0.142. The highest BCUT2D eigenvalue weighted by Crippen LogP contribution is 2.24. The molecular formula is C9H15N3O3S. The molecule has 2 N–H and O–H groups in total. The van der Waals surface area contributed by atoms with Gasteiger partial charge in [-0.2, -0.15) is 0 Å². The normalized spacial score (nSPS) is 12.4. The van der Waals surface area contributed by atoms with Crippen molar-refractivity contribution in [2.75, 3.05) is 6.61 Å². The summed E-state index contributed by atoms with van der Waals surface area (Å²) in [6, 6.07) is 0. The molecule has 0 aromatic carbocycles. The highest BCUT2D eigenvalue weighted by atomic mass is 32.2. The van der Waals surface area contributed by atoms with Gasteiger partial charge in [-0.15, -0.1) is 10.2 Å². The minimum absolute atomic E-state index is 0.198. The second-order valence-corrected chi connectivity index (χ2v) is 4.09. The summed E-state index contributed by atoms with van der Waals surface area (Å²) >= 11 is 1.20. The molecule has 0 radical (unpaired) electrons. The Morgan fingerprint density at radius 1 is 1.56 bits per heavy atom. The fraction of sp³-hybridized carbons (Fsp3) is 0.667. The first-order valence-corrected chi connectivity index (χ1v) is 5.94.